The van der Waals surface area contributed by atoms with Crippen LogP contribution in [-0.4, -0.2) is 11.8 Å². The average Bonchev–Trinajstić information content (AvgIpc) is 2.72. The molecule has 2 fully saturated rings. The fraction of sp³-hybridized carbons (Fsp3) is 0.529. The van der Waals surface area contributed by atoms with Crippen molar-refractivity contribution >= 4 is 11.8 Å². The summed E-state index contributed by atoms with van der Waals surface area (Å²) < 4.78 is 0. The molecule has 3 rings (SSSR count). The van der Waals surface area contributed by atoms with Crippen molar-refractivity contribution in [1.82, 2.24) is 5.32 Å². The maximum absolute atomic E-state index is 12.5. The van der Waals surface area contributed by atoms with Gasteiger partial charge in [-0.05, 0) is 35.8 Å². The number of carbonyl (C=O) groups is 2. The van der Waals surface area contributed by atoms with Crippen LogP contribution in [0.5, 0.6) is 0 Å². The SMILES string of the molecule is Cc1ccccc1C1C(=O)NC(=O)CC12CCCC2C. The highest BCUT2D eigenvalue weighted by atomic mass is 16.2. The number of imide groups is 1. The van der Waals surface area contributed by atoms with Crippen molar-refractivity contribution in [2.24, 2.45) is 11.3 Å². The second-order valence-electron chi connectivity index (χ2n) is 6.41. The Morgan fingerprint density at radius 3 is 2.65 bits per heavy atom. The van der Waals surface area contributed by atoms with E-state index in [0.29, 0.717) is 12.3 Å². The van der Waals surface area contributed by atoms with Gasteiger partial charge in [0.25, 0.3) is 0 Å². The van der Waals surface area contributed by atoms with E-state index < -0.39 is 0 Å². The number of rotatable bonds is 1. The van der Waals surface area contributed by atoms with Crippen LogP contribution >= 0.6 is 0 Å². The van der Waals surface area contributed by atoms with Gasteiger partial charge < -0.3 is 0 Å². The van der Waals surface area contributed by atoms with E-state index in [9.17, 15) is 9.59 Å². The van der Waals surface area contributed by atoms with Crippen LogP contribution in [0.3, 0.4) is 0 Å². The number of benzene rings is 1. The number of aryl methyl sites for hydroxylation is 1. The molecule has 3 nitrogen and oxygen atoms in total. The summed E-state index contributed by atoms with van der Waals surface area (Å²) in [6, 6.07) is 8.07. The summed E-state index contributed by atoms with van der Waals surface area (Å²) in [6.07, 6.45) is 3.69. The Bertz CT molecular complexity index is 566. The third kappa shape index (κ3) is 1.88. The molecule has 1 aromatic rings. The van der Waals surface area contributed by atoms with Crippen LogP contribution in [0, 0.1) is 18.3 Å². The molecular weight excluding hydrogens is 250 g/mol. The summed E-state index contributed by atoms with van der Waals surface area (Å²) in [5.74, 6) is 0.0268. The van der Waals surface area contributed by atoms with Gasteiger partial charge in [0.15, 0.2) is 0 Å². The van der Waals surface area contributed by atoms with E-state index in [-0.39, 0.29) is 23.1 Å². The monoisotopic (exact) mass is 271 g/mol. The molecule has 1 spiro atoms. The number of piperidine rings is 1. The number of hydrogen-bond acceptors (Lipinski definition) is 2. The quantitative estimate of drug-likeness (QED) is 0.798. The smallest absolute Gasteiger partial charge is 0.234 e. The predicted octanol–water partition coefficient (Wildman–Crippen LogP) is 2.93. The van der Waals surface area contributed by atoms with Gasteiger partial charge in [-0.1, -0.05) is 44.0 Å². The minimum Gasteiger partial charge on any atom is -0.296 e. The molecule has 2 aliphatic rings. The van der Waals surface area contributed by atoms with E-state index in [1.165, 1.54) is 0 Å². The zero-order chi connectivity index (χ0) is 14.3. The number of carbonyl (C=O) groups excluding carboxylic acids is 2. The highest BCUT2D eigenvalue weighted by Gasteiger charge is 2.54. The first-order chi connectivity index (χ1) is 9.54. The van der Waals surface area contributed by atoms with Crippen LogP contribution in [-0.2, 0) is 9.59 Å². The van der Waals surface area contributed by atoms with Crippen molar-refractivity contribution in [3.05, 3.63) is 35.4 Å². The summed E-state index contributed by atoms with van der Waals surface area (Å²) >= 11 is 0. The number of nitrogens with one attached hydrogen (secondary N) is 1. The molecule has 1 saturated carbocycles. The van der Waals surface area contributed by atoms with Crippen LogP contribution in [0.25, 0.3) is 0 Å². The molecule has 0 radical (unpaired) electrons. The molecule has 1 aromatic carbocycles. The molecule has 106 valence electrons. The molecule has 3 unspecified atom stereocenters. The summed E-state index contributed by atoms with van der Waals surface area (Å²) in [7, 11) is 0. The average molecular weight is 271 g/mol. The van der Waals surface area contributed by atoms with Crippen molar-refractivity contribution in [3.8, 4) is 0 Å². The first-order valence-corrected chi connectivity index (χ1v) is 7.44. The molecule has 1 heterocycles. The lowest BCUT2D eigenvalue weighted by molar-refractivity contribution is -0.141. The molecule has 1 aliphatic heterocycles. The fourth-order valence-electron chi connectivity index (χ4n) is 4.24. The van der Waals surface area contributed by atoms with Gasteiger partial charge in [0.1, 0.15) is 0 Å². The van der Waals surface area contributed by atoms with E-state index >= 15 is 0 Å². The number of amides is 2. The van der Waals surface area contributed by atoms with Crippen molar-refractivity contribution in [2.45, 2.75) is 45.4 Å². The molecule has 1 aliphatic carbocycles. The first-order valence-electron chi connectivity index (χ1n) is 7.44. The standard InChI is InChI=1S/C17H21NO2/c1-11-6-3-4-8-13(11)15-16(20)18-14(19)10-17(15)9-5-7-12(17)2/h3-4,6,8,12,15H,5,7,9-10H2,1-2H3,(H,18,19,20). The summed E-state index contributed by atoms with van der Waals surface area (Å²) in [4.78, 5) is 24.4. The highest BCUT2D eigenvalue weighted by molar-refractivity contribution is 6.02. The second-order valence-corrected chi connectivity index (χ2v) is 6.41. The Kier molecular flexibility index (Phi) is 3.15. The largest absolute Gasteiger partial charge is 0.296 e. The number of hydrogen-bond donors (Lipinski definition) is 1. The van der Waals surface area contributed by atoms with E-state index in [0.717, 1.165) is 30.4 Å². The van der Waals surface area contributed by atoms with Crippen LogP contribution in [0.15, 0.2) is 24.3 Å². The Balaban J connectivity index is 2.12. The summed E-state index contributed by atoms with van der Waals surface area (Å²) in [5, 5.41) is 2.55. The van der Waals surface area contributed by atoms with Gasteiger partial charge in [-0.3, -0.25) is 14.9 Å². The minimum absolute atomic E-state index is 0.103. The van der Waals surface area contributed by atoms with E-state index in [1.54, 1.807) is 0 Å². The van der Waals surface area contributed by atoms with Crippen molar-refractivity contribution < 1.29 is 9.59 Å². The third-order valence-electron chi connectivity index (χ3n) is 5.35. The molecule has 2 amide bonds. The van der Waals surface area contributed by atoms with Gasteiger partial charge >= 0.3 is 0 Å². The normalized spacial score (nSPS) is 33.5. The van der Waals surface area contributed by atoms with Crippen LogP contribution < -0.4 is 5.32 Å². The molecule has 1 N–H and O–H groups in total. The van der Waals surface area contributed by atoms with E-state index in [1.807, 2.05) is 31.2 Å². The first kappa shape index (κ1) is 13.3. The maximum Gasteiger partial charge on any atom is 0.234 e. The molecule has 3 heteroatoms. The Hall–Kier alpha value is -1.64. The van der Waals surface area contributed by atoms with Crippen LogP contribution in [0.2, 0.25) is 0 Å². The molecule has 3 atom stereocenters. The highest BCUT2D eigenvalue weighted by Crippen LogP contribution is 2.56. The summed E-state index contributed by atoms with van der Waals surface area (Å²) in [5.41, 5.74) is 2.05. The van der Waals surface area contributed by atoms with Crippen LogP contribution in [0.1, 0.15) is 49.7 Å². The van der Waals surface area contributed by atoms with Gasteiger partial charge in [0.2, 0.25) is 11.8 Å². The maximum atomic E-state index is 12.5. The molecule has 20 heavy (non-hydrogen) atoms. The zero-order valence-electron chi connectivity index (χ0n) is 12.1. The third-order valence-corrected chi connectivity index (χ3v) is 5.35. The molecule has 1 saturated heterocycles. The Labute approximate surface area is 119 Å². The van der Waals surface area contributed by atoms with Gasteiger partial charge in [-0.2, -0.15) is 0 Å². The Morgan fingerprint density at radius 2 is 2.00 bits per heavy atom. The zero-order valence-corrected chi connectivity index (χ0v) is 12.1. The van der Waals surface area contributed by atoms with Gasteiger partial charge in [-0.25, -0.2) is 0 Å². The molecule has 0 bridgehead atoms. The lowest BCUT2D eigenvalue weighted by Crippen LogP contribution is -2.52. The van der Waals surface area contributed by atoms with E-state index in [4.69, 9.17) is 0 Å². The topological polar surface area (TPSA) is 46.2 Å². The van der Waals surface area contributed by atoms with E-state index in [2.05, 4.69) is 12.2 Å². The summed E-state index contributed by atoms with van der Waals surface area (Å²) in [6.45, 7) is 4.25. The van der Waals surface area contributed by atoms with Gasteiger partial charge in [-0.15, -0.1) is 0 Å². The minimum atomic E-state index is -0.182. The lowest BCUT2D eigenvalue weighted by Gasteiger charge is -2.43. The van der Waals surface area contributed by atoms with Gasteiger partial charge in [0, 0.05) is 6.42 Å². The molecular formula is C17H21NO2. The van der Waals surface area contributed by atoms with Crippen LogP contribution in [0.4, 0.5) is 0 Å². The second kappa shape index (κ2) is 4.72. The van der Waals surface area contributed by atoms with Gasteiger partial charge in [0.05, 0.1) is 5.92 Å². The lowest BCUT2D eigenvalue weighted by atomic mass is 9.61. The van der Waals surface area contributed by atoms with Crippen molar-refractivity contribution in [3.63, 3.8) is 0 Å². The van der Waals surface area contributed by atoms with Crippen molar-refractivity contribution in [2.75, 3.05) is 0 Å². The van der Waals surface area contributed by atoms with Crippen molar-refractivity contribution in [1.29, 1.82) is 0 Å². The molecule has 0 aromatic heterocycles. The Morgan fingerprint density at radius 1 is 1.25 bits per heavy atom. The fourth-order valence-corrected chi connectivity index (χ4v) is 4.24. The predicted molar refractivity (Wildman–Crippen MR) is 77.1 cm³/mol.